The molecular formula is C21H35NO. The molecule has 2 heteroatoms. The molecule has 0 bridgehead atoms. The molecule has 1 aliphatic heterocycles. The Balaban J connectivity index is 2.43. The molecule has 1 aromatic rings. The monoisotopic (exact) mass is 317 g/mol. The fourth-order valence-electron chi connectivity index (χ4n) is 4.21. The summed E-state index contributed by atoms with van der Waals surface area (Å²) >= 11 is 0. The average molecular weight is 318 g/mol. The van der Waals surface area contributed by atoms with Crippen molar-refractivity contribution in [3.05, 3.63) is 35.9 Å². The number of nitrogens with one attached hydrogen (secondary N) is 1. The van der Waals surface area contributed by atoms with Crippen LogP contribution in [0.15, 0.2) is 30.3 Å². The van der Waals surface area contributed by atoms with Crippen LogP contribution in [-0.4, -0.2) is 11.6 Å². The van der Waals surface area contributed by atoms with Gasteiger partial charge in [-0.25, -0.2) is 0 Å². The average Bonchev–Trinajstić information content (AvgIpc) is 3.02. The summed E-state index contributed by atoms with van der Waals surface area (Å²) in [5.41, 5.74) is 1.16. The Kier molecular flexibility index (Phi) is 6.27. The molecule has 2 nitrogen and oxygen atoms in total. The topological polar surface area (TPSA) is 21.3 Å². The molecule has 1 aromatic carbocycles. The summed E-state index contributed by atoms with van der Waals surface area (Å²) in [7, 11) is 0. The van der Waals surface area contributed by atoms with Crippen LogP contribution in [0.5, 0.6) is 0 Å². The van der Waals surface area contributed by atoms with Crippen molar-refractivity contribution in [2.45, 2.75) is 78.7 Å². The van der Waals surface area contributed by atoms with Gasteiger partial charge >= 0.3 is 0 Å². The highest BCUT2D eigenvalue weighted by molar-refractivity contribution is 5.20. The van der Waals surface area contributed by atoms with Crippen LogP contribution in [0, 0.1) is 17.8 Å². The predicted octanol–water partition coefficient (Wildman–Crippen LogP) is 5.55. The van der Waals surface area contributed by atoms with Crippen LogP contribution in [0.25, 0.3) is 0 Å². The van der Waals surface area contributed by atoms with Gasteiger partial charge in [0.25, 0.3) is 0 Å². The van der Waals surface area contributed by atoms with Crippen molar-refractivity contribution < 1.29 is 4.74 Å². The molecule has 0 amide bonds. The zero-order chi connectivity index (χ0) is 17.0. The number of hydrogen-bond acceptors (Lipinski definition) is 2. The van der Waals surface area contributed by atoms with E-state index in [4.69, 9.17) is 4.74 Å². The summed E-state index contributed by atoms with van der Waals surface area (Å²) in [6.45, 7) is 14.0. The predicted molar refractivity (Wildman–Crippen MR) is 98.3 cm³/mol. The van der Waals surface area contributed by atoms with Crippen LogP contribution < -0.4 is 5.32 Å². The Labute approximate surface area is 143 Å². The van der Waals surface area contributed by atoms with E-state index >= 15 is 0 Å². The van der Waals surface area contributed by atoms with Gasteiger partial charge in [-0.3, -0.25) is 5.32 Å². The minimum Gasteiger partial charge on any atom is -0.350 e. The fraction of sp³-hybridized carbons (Fsp3) is 0.714. The molecule has 0 radical (unpaired) electrons. The van der Waals surface area contributed by atoms with Gasteiger partial charge in [-0.05, 0) is 23.3 Å². The van der Waals surface area contributed by atoms with E-state index in [-0.39, 0.29) is 11.8 Å². The Bertz CT molecular complexity index is 462. The van der Waals surface area contributed by atoms with Crippen LogP contribution in [0.3, 0.4) is 0 Å². The molecule has 0 aromatic heterocycles. The summed E-state index contributed by atoms with van der Waals surface area (Å²) in [6.07, 6.45) is 3.50. The fourth-order valence-corrected chi connectivity index (χ4v) is 4.21. The molecule has 1 aliphatic rings. The first kappa shape index (κ1) is 18.5. The molecule has 0 saturated carbocycles. The standard InChI is InChI=1S/C21H35NO/c1-7-15(4)19-21(16(5)8-2,17(6)9-3)23-20(22-19)18-13-11-10-12-14-18/h10-17,19-20,22H,7-9H2,1-6H3/t15?,16?,17?,19-,20-,21?/m0/s1. The summed E-state index contributed by atoms with van der Waals surface area (Å²) in [5, 5.41) is 3.86. The molecule has 1 saturated heterocycles. The lowest BCUT2D eigenvalue weighted by molar-refractivity contribution is -0.125. The Morgan fingerprint density at radius 3 is 2.00 bits per heavy atom. The van der Waals surface area contributed by atoms with Gasteiger partial charge in [0, 0.05) is 6.04 Å². The van der Waals surface area contributed by atoms with E-state index in [2.05, 4.69) is 77.2 Å². The van der Waals surface area contributed by atoms with Crippen LogP contribution in [0.1, 0.15) is 72.6 Å². The highest BCUT2D eigenvalue weighted by Gasteiger charge is 2.55. The van der Waals surface area contributed by atoms with E-state index < -0.39 is 0 Å². The quantitative estimate of drug-likeness (QED) is 0.712. The normalized spacial score (nSPS) is 31.7. The Hall–Kier alpha value is -0.860. The van der Waals surface area contributed by atoms with Crippen molar-refractivity contribution in [2.75, 3.05) is 0 Å². The Morgan fingerprint density at radius 1 is 0.957 bits per heavy atom. The third-order valence-electron chi connectivity index (χ3n) is 6.22. The van der Waals surface area contributed by atoms with Crippen LogP contribution >= 0.6 is 0 Å². The van der Waals surface area contributed by atoms with Gasteiger partial charge in [0.05, 0.1) is 5.60 Å². The van der Waals surface area contributed by atoms with Crippen LogP contribution in [0.2, 0.25) is 0 Å². The molecule has 5 atom stereocenters. The van der Waals surface area contributed by atoms with E-state index in [0.29, 0.717) is 23.8 Å². The van der Waals surface area contributed by atoms with Crippen molar-refractivity contribution in [3.8, 4) is 0 Å². The van der Waals surface area contributed by atoms with Gasteiger partial charge in [-0.2, -0.15) is 0 Å². The van der Waals surface area contributed by atoms with Gasteiger partial charge in [0.2, 0.25) is 0 Å². The second-order valence-electron chi connectivity index (χ2n) is 7.41. The molecule has 0 aliphatic carbocycles. The van der Waals surface area contributed by atoms with Crippen molar-refractivity contribution in [2.24, 2.45) is 17.8 Å². The molecule has 3 unspecified atom stereocenters. The zero-order valence-corrected chi connectivity index (χ0v) is 15.8. The lowest BCUT2D eigenvalue weighted by Crippen LogP contribution is -2.55. The van der Waals surface area contributed by atoms with Crippen LogP contribution in [0.4, 0.5) is 0 Å². The minimum absolute atomic E-state index is 0.0122. The first-order valence-corrected chi connectivity index (χ1v) is 9.49. The SMILES string of the molecule is CCC(C)[C@@H]1N[C@H](c2ccccc2)OC1(C(C)CC)C(C)CC. The van der Waals surface area contributed by atoms with Gasteiger partial charge in [-0.15, -0.1) is 0 Å². The van der Waals surface area contributed by atoms with Gasteiger partial charge < -0.3 is 4.74 Å². The maximum atomic E-state index is 6.86. The maximum absolute atomic E-state index is 6.86. The van der Waals surface area contributed by atoms with E-state index in [9.17, 15) is 0 Å². The van der Waals surface area contributed by atoms with E-state index in [1.165, 1.54) is 12.0 Å². The molecule has 2 rings (SSSR count). The van der Waals surface area contributed by atoms with Crippen molar-refractivity contribution >= 4 is 0 Å². The van der Waals surface area contributed by atoms with Crippen molar-refractivity contribution in [3.63, 3.8) is 0 Å². The summed E-state index contributed by atoms with van der Waals surface area (Å²) in [5.74, 6) is 1.68. The molecule has 1 heterocycles. The zero-order valence-electron chi connectivity index (χ0n) is 15.8. The van der Waals surface area contributed by atoms with Gasteiger partial charge in [0.15, 0.2) is 0 Å². The van der Waals surface area contributed by atoms with Crippen LogP contribution in [-0.2, 0) is 4.74 Å². The number of ether oxygens (including phenoxy) is 1. The molecule has 23 heavy (non-hydrogen) atoms. The first-order valence-electron chi connectivity index (χ1n) is 9.49. The van der Waals surface area contributed by atoms with Gasteiger partial charge in [-0.1, -0.05) is 91.1 Å². The van der Waals surface area contributed by atoms with Gasteiger partial charge in [0.1, 0.15) is 6.23 Å². The first-order chi connectivity index (χ1) is 11.0. The van der Waals surface area contributed by atoms with Crippen molar-refractivity contribution in [1.82, 2.24) is 5.32 Å². The largest absolute Gasteiger partial charge is 0.350 e. The van der Waals surface area contributed by atoms with E-state index in [0.717, 1.165) is 12.8 Å². The highest BCUT2D eigenvalue weighted by Crippen LogP contribution is 2.48. The number of benzene rings is 1. The third kappa shape index (κ3) is 3.34. The smallest absolute Gasteiger partial charge is 0.135 e. The third-order valence-corrected chi connectivity index (χ3v) is 6.22. The lowest BCUT2D eigenvalue weighted by atomic mass is 9.68. The number of hydrogen-bond donors (Lipinski definition) is 1. The summed E-state index contributed by atoms with van der Waals surface area (Å²) in [4.78, 5) is 0. The molecular weight excluding hydrogens is 282 g/mol. The van der Waals surface area contributed by atoms with E-state index in [1.807, 2.05) is 0 Å². The second-order valence-corrected chi connectivity index (χ2v) is 7.41. The second kappa shape index (κ2) is 7.81. The molecule has 1 fully saturated rings. The maximum Gasteiger partial charge on any atom is 0.135 e. The van der Waals surface area contributed by atoms with Crippen molar-refractivity contribution in [1.29, 1.82) is 0 Å². The molecule has 1 N–H and O–H groups in total. The minimum atomic E-state index is -0.0839. The summed E-state index contributed by atoms with van der Waals surface area (Å²) in [6, 6.07) is 11.0. The number of rotatable bonds is 7. The van der Waals surface area contributed by atoms with E-state index in [1.54, 1.807) is 0 Å². The highest BCUT2D eigenvalue weighted by atomic mass is 16.5. The lowest BCUT2D eigenvalue weighted by Gasteiger charge is -2.45. The summed E-state index contributed by atoms with van der Waals surface area (Å²) < 4.78 is 6.86. The molecule has 130 valence electrons. The Morgan fingerprint density at radius 2 is 1.52 bits per heavy atom. The molecule has 0 spiro atoms.